The van der Waals surface area contributed by atoms with Crippen LogP contribution in [-0.2, 0) is 4.43 Å². The summed E-state index contributed by atoms with van der Waals surface area (Å²) in [7, 11) is -1.71. The Morgan fingerprint density at radius 3 is 2.59 bits per heavy atom. The number of hydrogen-bond donors (Lipinski definition) is 3. The Hall–Kier alpha value is -0.593. The van der Waals surface area contributed by atoms with Crippen molar-refractivity contribution in [1.29, 1.82) is 0 Å². The smallest absolute Gasteiger partial charge is 0.405 e. The lowest BCUT2D eigenvalue weighted by molar-refractivity contribution is 0.164. The van der Waals surface area contributed by atoms with Gasteiger partial charge in [0, 0.05) is 12.1 Å². The molecular weight excluding hydrogens is 296 g/mol. The Morgan fingerprint density at radius 2 is 2.00 bits per heavy atom. The van der Waals surface area contributed by atoms with Gasteiger partial charge in [-0.1, -0.05) is 20.8 Å². The number of nitrogens with one attached hydrogen (secondary N) is 2. The van der Waals surface area contributed by atoms with Gasteiger partial charge in [-0.15, -0.1) is 0 Å². The molecule has 1 heterocycles. The summed E-state index contributed by atoms with van der Waals surface area (Å²) in [5.41, 5.74) is -0.286. The Morgan fingerprint density at radius 1 is 1.32 bits per heavy atom. The molecule has 1 aliphatic heterocycles. The van der Waals surface area contributed by atoms with Crippen LogP contribution in [0.25, 0.3) is 0 Å². The standard InChI is InChI=1S/C16H34N2O3Si/c1-15(2,3)22(4,5)21-13-7-9-16(18-14(19)20)8-6-11-17-12-10-16/h17-18H,6-13H2,1-5H3,(H,19,20)/t16-/m0/s1. The van der Waals surface area contributed by atoms with E-state index in [4.69, 9.17) is 9.53 Å². The quantitative estimate of drug-likeness (QED) is 0.514. The van der Waals surface area contributed by atoms with Gasteiger partial charge in [0.2, 0.25) is 0 Å². The van der Waals surface area contributed by atoms with E-state index in [-0.39, 0.29) is 10.6 Å². The number of hydrogen-bond acceptors (Lipinski definition) is 3. The summed E-state index contributed by atoms with van der Waals surface area (Å²) in [4.78, 5) is 11.2. The summed E-state index contributed by atoms with van der Waals surface area (Å²) in [6.07, 6.45) is 3.64. The molecule has 0 radical (unpaired) electrons. The second-order valence-corrected chi connectivity index (χ2v) is 12.8. The molecule has 5 nitrogen and oxygen atoms in total. The molecule has 1 rings (SSSR count). The van der Waals surface area contributed by atoms with Gasteiger partial charge in [0.15, 0.2) is 8.32 Å². The van der Waals surface area contributed by atoms with Gasteiger partial charge in [-0.25, -0.2) is 4.79 Å². The summed E-state index contributed by atoms with van der Waals surface area (Å²) in [5.74, 6) is 0. The molecule has 1 atom stereocenters. The Bertz CT molecular complexity index is 359. The van der Waals surface area contributed by atoms with Gasteiger partial charge >= 0.3 is 6.09 Å². The van der Waals surface area contributed by atoms with E-state index >= 15 is 0 Å². The summed E-state index contributed by atoms with van der Waals surface area (Å²) < 4.78 is 6.21. The monoisotopic (exact) mass is 330 g/mol. The fourth-order valence-electron chi connectivity index (χ4n) is 2.75. The molecule has 0 saturated carbocycles. The van der Waals surface area contributed by atoms with E-state index in [1.165, 1.54) is 0 Å². The molecule has 0 spiro atoms. The van der Waals surface area contributed by atoms with E-state index in [0.717, 1.165) is 51.8 Å². The number of amides is 1. The Kier molecular flexibility index (Phi) is 6.89. The summed E-state index contributed by atoms with van der Waals surface area (Å²) >= 11 is 0. The number of carbonyl (C=O) groups is 1. The van der Waals surface area contributed by atoms with E-state index < -0.39 is 14.4 Å². The van der Waals surface area contributed by atoms with E-state index in [9.17, 15) is 4.79 Å². The minimum absolute atomic E-state index is 0.218. The van der Waals surface area contributed by atoms with Crippen LogP contribution in [0.15, 0.2) is 0 Å². The van der Waals surface area contributed by atoms with Crippen LogP contribution in [0, 0.1) is 0 Å². The van der Waals surface area contributed by atoms with Crippen molar-refractivity contribution in [3.63, 3.8) is 0 Å². The van der Waals surface area contributed by atoms with Gasteiger partial charge in [0.1, 0.15) is 0 Å². The molecule has 0 aliphatic carbocycles. The first-order chi connectivity index (χ1) is 10.1. The fraction of sp³-hybridized carbons (Fsp3) is 0.938. The minimum atomic E-state index is -1.71. The van der Waals surface area contributed by atoms with Crippen molar-refractivity contribution in [1.82, 2.24) is 10.6 Å². The Balaban J connectivity index is 2.52. The van der Waals surface area contributed by atoms with Crippen molar-refractivity contribution in [2.75, 3.05) is 19.7 Å². The predicted molar refractivity (Wildman–Crippen MR) is 93.0 cm³/mol. The molecule has 1 amide bonds. The molecule has 6 heteroatoms. The highest BCUT2D eigenvalue weighted by Gasteiger charge is 2.37. The lowest BCUT2D eigenvalue weighted by atomic mass is 9.86. The molecule has 0 aromatic heterocycles. The van der Waals surface area contributed by atoms with Crippen molar-refractivity contribution >= 4 is 14.4 Å². The third-order valence-electron chi connectivity index (χ3n) is 5.23. The summed E-state index contributed by atoms with van der Waals surface area (Å²) in [6.45, 7) is 13.8. The van der Waals surface area contributed by atoms with Gasteiger partial charge in [-0.2, -0.15) is 0 Å². The molecule has 130 valence electrons. The highest BCUT2D eigenvalue weighted by Crippen LogP contribution is 2.36. The average molecular weight is 331 g/mol. The predicted octanol–water partition coefficient (Wildman–Crippen LogP) is 3.57. The van der Waals surface area contributed by atoms with E-state index in [0.29, 0.717) is 0 Å². The van der Waals surface area contributed by atoms with Crippen LogP contribution >= 0.6 is 0 Å². The topological polar surface area (TPSA) is 70.6 Å². The van der Waals surface area contributed by atoms with E-state index in [2.05, 4.69) is 44.5 Å². The zero-order chi connectivity index (χ0) is 16.9. The maximum Gasteiger partial charge on any atom is 0.405 e. The molecule has 0 bridgehead atoms. The molecule has 3 N–H and O–H groups in total. The second kappa shape index (κ2) is 7.79. The van der Waals surface area contributed by atoms with Crippen LogP contribution < -0.4 is 10.6 Å². The molecule has 1 aliphatic rings. The van der Waals surface area contributed by atoms with Crippen molar-refractivity contribution < 1.29 is 14.3 Å². The summed E-state index contributed by atoms with van der Waals surface area (Å²) in [5, 5.41) is 15.5. The second-order valence-electron chi connectivity index (χ2n) is 8.03. The lowest BCUT2D eigenvalue weighted by Gasteiger charge is -2.37. The van der Waals surface area contributed by atoms with Crippen molar-refractivity contribution in [3.8, 4) is 0 Å². The maximum atomic E-state index is 11.2. The minimum Gasteiger partial charge on any atom is -0.465 e. The third-order valence-corrected chi connectivity index (χ3v) is 9.77. The Labute approximate surface area is 136 Å². The average Bonchev–Trinajstić information content (AvgIpc) is 2.59. The van der Waals surface area contributed by atoms with Crippen LogP contribution in [0.4, 0.5) is 4.79 Å². The van der Waals surface area contributed by atoms with Crippen molar-refractivity contribution in [2.45, 2.75) is 76.5 Å². The summed E-state index contributed by atoms with van der Waals surface area (Å²) in [6, 6.07) is 0. The normalized spacial score (nSPS) is 23.9. The molecular formula is C16H34N2O3Si. The highest BCUT2D eigenvalue weighted by molar-refractivity contribution is 6.74. The van der Waals surface area contributed by atoms with Crippen LogP contribution in [0.1, 0.15) is 52.9 Å². The number of carboxylic acid groups (broad SMARTS) is 1. The van der Waals surface area contributed by atoms with E-state index in [1.807, 2.05) is 0 Å². The van der Waals surface area contributed by atoms with Gasteiger partial charge in [0.25, 0.3) is 0 Å². The van der Waals surface area contributed by atoms with Crippen LogP contribution in [0.5, 0.6) is 0 Å². The SMILES string of the molecule is CC(C)(C)[Si](C)(C)OCCC[C@@]1(NC(=O)O)CCCNCC1. The molecule has 1 fully saturated rings. The van der Waals surface area contributed by atoms with Crippen LogP contribution in [-0.4, -0.2) is 44.8 Å². The first kappa shape index (κ1) is 19.5. The van der Waals surface area contributed by atoms with Crippen molar-refractivity contribution in [3.05, 3.63) is 0 Å². The molecule has 0 aromatic carbocycles. The first-order valence-electron chi connectivity index (χ1n) is 8.44. The molecule has 0 unspecified atom stereocenters. The largest absolute Gasteiger partial charge is 0.465 e. The molecule has 1 saturated heterocycles. The highest BCUT2D eigenvalue weighted by atomic mass is 28.4. The maximum absolute atomic E-state index is 11.2. The van der Waals surface area contributed by atoms with Crippen LogP contribution in [0.2, 0.25) is 18.1 Å². The molecule has 22 heavy (non-hydrogen) atoms. The fourth-order valence-corrected chi connectivity index (χ4v) is 3.84. The van der Waals surface area contributed by atoms with Gasteiger partial charge in [-0.3, -0.25) is 0 Å². The zero-order valence-electron chi connectivity index (χ0n) is 14.9. The van der Waals surface area contributed by atoms with Gasteiger partial charge in [-0.05, 0) is 63.3 Å². The van der Waals surface area contributed by atoms with Crippen molar-refractivity contribution in [2.24, 2.45) is 0 Å². The van der Waals surface area contributed by atoms with E-state index in [1.54, 1.807) is 0 Å². The van der Waals surface area contributed by atoms with Crippen LogP contribution in [0.3, 0.4) is 0 Å². The first-order valence-corrected chi connectivity index (χ1v) is 11.3. The lowest BCUT2D eigenvalue weighted by Crippen LogP contribution is -2.49. The zero-order valence-corrected chi connectivity index (χ0v) is 15.9. The third kappa shape index (κ3) is 5.89. The van der Waals surface area contributed by atoms with Gasteiger partial charge < -0.3 is 20.2 Å². The van der Waals surface area contributed by atoms with Gasteiger partial charge in [0.05, 0.1) is 0 Å². The molecule has 0 aromatic rings. The number of rotatable bonds is 6.